The largest absolute Gasteiger partial charge is 0.354 e. The number of nitrogens with one attached hydrogen (secondary N) is 2. The molecular weight excluding hydrogens is 352 g/mol. The van der Waals surface area contributed by atoms with E-state index in [0.717, 1.165) is 48.3 Å². The molecule has 1 aliphatic rings. The molecule has 2 amide bonds. The van der Waals surface area contributed by atoms with Crippen molar-refractivity contribution in [3.63, 3.8) is 0 Å². The molecule has 0 radical (unpaired) electrons. The number of amides is 2. The second kappa shape index (κ2) is 9.35. The number of carbonyl (C=O) groups excluding carboxylic acids is 2. The fourth-order valence-corrected chi connectivity index (χ4v) is 3.64. The van der Waals surface area contributed by atoms with Crippen LogP contribution in [0, 0.1) is 19.8 Å². The van der Waals surface area contributed by atoms with Crippen molar-refractivity contribution in [3.05, 3.63) is 53.4 Å². The van der Waals surface area contributed by atoms with Crippen molar-refractivity contribution >= 4 is 17.9 Å². The molecule has 0 atom stereocenters. The van der Waals surface area contributed by atoms with Crippen molar-refractivity contribution in [2.75, 3.05) is 13.1 Å². The van der Waals surface area contributed by atoms with Gasteiger partial charge in [-0.05, 0) is 44.9 Å². The van der Waals surface area contributed by atoms with Gasteiger partial charge in [0, 0.05) is 36.3 Å². The van der Waals surface area contributed by atoms with Gasteiger partial charge in [0.1, 0.15) is 0 Å². The Labute approximate surface area is 166 Å². The molecule has 2 aromatic rings. The first kappa shape index (κ1) is 19.9. The summed E-state index contributed by atoms with van der Waals surface area (Å²) in [5.74, 6) is 0.0888. The zero-order valence-corrected chi connectivity index (χ0v) is 16.6. The molecule has 0 aliphatic heterocycles. The third-order valence-electron chi connectivity index (χ3n) is 5.20. The van der Waals surface area contributed by atoms with Gasteiger partial charge in [-0.3, -0.25) is 9.59 Å². The fourth-order valence-electron chi connectivity index (χ4n) is 3.64. The Bertz CT molecular complexity index is 849. The van der Waals surface area contributed by atoms with Crippen LogP contribution < -0.4 is 10.6 Å². The van der Waals surface area contributed by atoms with E-state index in [1.807, 2.05) is 48.9 Å². The summed E-state index contributed by atoms with van der Waals surface area (Å²) in [5.41, 5.74) is 3.78. The normalized spacial score (nSPS) is 14.5. The molecule has 0 spiro atoms. The van der Waals surface area contributed by atoms with Gasteiger partial charge in [-0.2, -0.15) is 5.10 Å². The first-order valence-electron chi connectivity index (χ1n) is 9.91. The number of hydrogen-bond donors (Lipinski definition) is 2. The molecule has 0 bridgehead atoms. The van der Waals surface area contributed by atoms with E-state index >= 15 is 0 Å². The lowest BCUT2D eigenvalue weighted by atomic mass is 10.1. The molecule has 1 aromatic carbocycles. The average Bonchev–Trinajstić information content (AvgIpc) is 3.33. The van der Waals surface area contributed by atoms with Crippen LogP contribution in [0.1, 0.15) is 42.6 Å². The standard InChI is InChI=1S/C22H28N4O2/c1-16-20(17(2)26(25-16)19-10-4-3-5-11-19)12-13-21(27)23-14-15-24-22(28)18-8-6-7-9-18/h3-5,10-13,18H,6-9,14-15H2,1-2H3,(H,23,27)(H,24,28)/b13-12+. The number of benzene rings is 1. The quantitative estimate of drug-likeness (QED) is 0.573. The van der Waals surface area contributed by atoms with E-state index < -0.39 is 0 Å². The van der Waals surface area contributed by atoms with Gasteiger partial charge in [0.2, 0.25) is 11.8 Å². The molecule has 1 fully saturated rings. The summed E-state index contributed by atoms with van der Waals surface area (Å²) < 4.78 is 1.88. The number of aromatic nitrogens is 2. The Morgan fingerprint density at radius 2 is 1.79 bits per heavy atom. The molecule has 6 heteroatoms. The van der Waals surface area contributed by atoms with Crippen LogP contribution in [0.4, 0.5) is 0 Å². The van der Waals surface area contributed by atoms with Gasteiger partial charge in [-0.1, -0.05) is 31.0 Å². The minimum atomic E-state index is -0.179. The number of nitrogens with zero attached hydrogens (tertiary/aromatic N) is 2. The summed E-state index contributed by atoms with van der Waals surface area (Å²) in [7, 11) is 0. The summed E-state index contributed by atoms with van der Waals surface area (Å²) in [5, 5.41) is 10.3. The zero-order valence-electron chi connectivity index (χ0n) is 16.6. The molecular formula is C22H28N4O2. The molecule has 28 heavy (non-hydrogen) atoms. The van der Waals surface area contributed by atoms with E-state index in [4.69, 9.17) is 0 Å². The highest BCUT2D eigenvalue weighted by Gasteiger charge is 2.21. The smallest absolute Gasteiger partial charge is 0.244 e. The van der Waals surface area contributed by atoms with Gasteiger partial charge in [-0.25, -0.2) is 4.68 Å². The molecule has 0 saturated heterocycles. The van der Waals surface area contributed by atoms with Gasteiger partial charge in [-0.15, -0.1) is 0 Å². The second-order valence-corrected chi connectivity index (χ2v) is 7.23. The maximum Gasteiger partial charge on any atom is 0.244 e. The lowest BCUT2D eigenvalue weighted by Gasteiger charge is -2.10. The monoisotopic (exact) mass is 380 g/mol. The minimum Gasteiger partial charge on any atom is -0.354 e. The van der Waals surface area contributed by atoms with Crippen LogP contribution >= 0.6 is 0 Å². The molecule has 1 aromatic heterocycles. The number of rotatable bonds is 7. The number of carbonyl (C=O) groups is 2. The summed E-state index contributed by atoms with van der Waals surface area (Å²) in [6, 6.07) is 9.91. The lowest BCUT2D eigenvalue weighted by molar-refractivity contribution is -0.125. The third-order valence-corrected chi connectivity index (χ3v) is 5.20. The van der Waals surface area contributed by atoms with Crippen molar-refractivity contribution < 1.29 is 9.59 Å². The summed E-state index contributed by atoms with van der Waals surface area (Å²) >= 11 is 0. The lowest BCUT2D eigenvalue weighted by Crippen LogP contribution is -2.36. The van der Waals surface area contributed by atoms with E-state index in [9.17, 15) is 9.59 Å². The first-order valence-corrected chi connectivity index (χ1v) is 9.91. The minimum absolute atomic E-state index is 0.113. The maximum atomic E-state index is 12.1. The van der Waals surface area contributed by atoms with E-state index in [2.05, 4.69) is 15.7 Å². The predicted octanol–water partition coefficient (Wildman–Crippen LogP) is 2.92. The Morgan fingerprint density at radius 3 is 2.50 bits per heavy atom. The average molecular weight is 380 g/mol. The summed E-state index contributed by atoms with van der Waals surface area (Å²) in [6.45, 7) is 4.80. The molecule has 0 unspecified atom stereocenters. The summed E-state index contributed by atoms with van der Waals surface area (Å²) in [6.07, 6.45) is 7.56. The van der Waals surface area contributed by atoms with Gasteiger partial charge in [0.15, 0.2) is 0 Å². The fraction of sp³-hybridized carbons (Fsp3) is 0.409. The van der Waals surface area contributed by atoms with E-state index in [1.54, 1.807) is 6.08 Å². The Hall–Kier alpha value is -2.89. The van der Waals surface area contributed by atoms with Gasteiger partial charge >= 0.3 is 0 Å². The first-order chi connectivity index (χ1) is 13.6. The highest BCUT2D eigenvalue weighted by Crippen LogP contribution is 2.24. The van der Waals surface area contributed by atoms with E-state index in [-0.39, 0.29) is 17.7 Å². The molecule has 6 nitrogen and oxygen atoms in total. The second-order valence-electron chi connectivity index (χ2n) is 7.23. The van der Waals surface area contributed by atoms with Crippen molar-refractivity contribution in [3.8, 4) is 5.69 Å². The van der Waals surface area contributed by atoms with Crippen LogP contribution in [0.15, 0.2) is 36.4 Å². The van der Waals surface area contributed by atoms with Crippen LogP contribution in [0.25, 0.3) is 11.8 Å². The Balaban J connectivity index is 1.50. The molecule has 148 valence electrons. The van der Waals surface area contributed by atoms with Crippen LogP contribution in [0.5, 0.6) is 0 Å². The molecule has 1 aliphatic carbocycles. The van der Waals surface area contributed by atoms with Crippen molar-refractivity contribution in [2.24, 2.45) is 5.92 Å². The summed E-state index contributed by atoms with van der Waals surface area (Å²) in [4.78, 5) is 24.0. The van der Waals surface area contributed by atoms with Crippen molar-refractivity contribution in [1.29, 1.82) is 0 Å². The van der Waals surface area contributed by atoms with Gasteiger partial charge in [0.05, 0.1) is 11.4 Å². The predicted molar refractivity (Wildman–Crippen MR) is 110 cm³/mol. The van der Waals surface area contributed by atoms with Crippen LogP contribution in [-0.4, -0.2) is 34.7 Å². The van der Waals surface area contributed by atoms with Crippen molar-refractivity contribution in [1.82, 2.24) is 20.4 Å². The topological polar surface area (TPSA) is 76.0 Å². The van der Waals surface area contributed by atoms with Gasteiger partial charge < -0.3 is 10.6 Å². The van der Waals surface area contributed by atoms with E-state index in [0.29, 0.717) is 13.1 Å². The maximum absolute atomic E-state index is 12.1. The van der Waals surface area contributed by atoms with Crippen LogP contribution in [-0.2, 0) is 9.59 Å². The Kier molecular flexibility index (Phi) is 6.63. The molecule has 3 rings (SSSR count). The SMILES string of the molecule is Cc1nn(-c2ccccc2)c(C)c1/C=C/C(=O)NCCNC(=O)C1CCCC1. The Morgan fingerprint density at radius 1 is 1.11 bits per heavy atom. The number of aryl methyl sites for hydroxylation is 1. The highest BCUT2D eigenvalue weighted by atomic mass is 16.2. The number of hydrogen-bond acceptors (Lipinski definition) is 3. The van der Waals surface area contributed by atoms with Gasteiger partial charge in [0.25, 0.3) is 0 Å². The molecule has 2 N–H and O–H groups in total. The highest BCUT2D eigenvalue weighted by molar-refractivity contribution is 5.92. The van der Waals surface area contributed by atoms with Crippen molar-refractivity contribution in [2.45, 2.75) is 39.5 Å². The number of para-hydroxylation sites is 1. The third kappa shape index (κ3) is 4.88. The van der Waals surface area contributed by atoms with Crippen LogP contribution in [0.2, 0.25) is 0 Å². The molecule has 1 saturated carbocycles. The zero-order chi connectivity index (χ0) is 19.9. The van der Waals surface area contributed by atoms with E-state index in [1.165, 1.54) is 6.08 Å². The van der Waals surface area contributed by atoms with Crippen LogP contribution in [0.3, 0.4) is 0 Å². The molecule has 1 heterocycles.